The molecule has 1 unspecified atom stereocenters. The van der Waals surface area contributed by atoms with E-state index in [0.717, 1.165) is 12.8 Å². The van der Waals surface area contributed by atoms with E-state index in [9.17, 15) is 9.50 Å². The largest absolute Gasteiger partial charge is 0.387 e. The molecule has 0 aliphatic heterocycles. The van der Waals surface area contributed by atoms with Gasteiger partial charge in [0.2, 0.25) is 0 Å². The van der Waals surface area contributed by atoms with Crippen LogP contribution in [0.5, 0.6) is 0 Å². The number of anilines is 1. The van der Waals surface area contributed by atoms with Crippen LogP contribution in [0.4, 0.5) is 10.2 Å². The lowest BCUT2D eigenvalue weighted by Gasteiger charge is -2.26. The molecule has 112 valence electrons. The van der Waals surface area contributed by atoms with Crippen LogP contribution in [0.2, 0.25) is 0 Å². The fourth-order valence-corrected chi connectivity index (χ4v) is 2.33. The normalized spacial score (nSPS) is 15.1. The summed E-state index contributed by atoms with van der Waals surface area (Å²) in [4.78, 5) is 1.99. The lowest BCUT2D eigenvalue weighted by Crippen LogP contribution is -2.31. The molecule has 0 bridgehead atoms. The molecule has 1 aliphatic rings. The predicted molar refractivity (Wildman–Crippen MR) is 78.5 cm³/mol. The van der Waals surface area contributed by atoms with Crippen LogP contribution in [0, 0.1) is 17.1 Å². The Hall–Kier alpha value is -2.52. The van der Waals surface area contributed by atoms with Crippen molar-refractivity contribution in [1.82, 2.24) is 10.2 Å². The second-order valence-corrected chi connectivity index (χ2v) is 5.34. The van der Waals surface area contributed by atoms with Crippen molar-refractivity contribution < 1.29 is 9.50 Å². The maximum Gasteiger partial charge on any atom is 0.163 e. The van der Waals surface area contributed by atoms with E-state index in [1.807, 2.05) is 11.0 Å². The van der Waals surface area contributed by atoms with Gasteiger partial charge in [-0.25, -0.2) is 4.39 Å². The lowest BCUT2D eigenvalue weighted by atomic mass is 10.1. The van der Waals surface area contributed by atoms with Gasteiger partial charge in [0.15, 0.2) is 11.5 Å². The highest BCUT2D eigenvalue weighted by Gasteiger charge is 2.31. The van der Waals surface area contributed by atoms with E-state index in [1.54, 1.807) is 24.3 Å². The summed E-state index contributed by atoms with van der Waals surface area (Å²) < 4.78 is 13.0. The zero-order chi connectivity index (χ0) is 15.5. The molecule has 1 aromatic carbocycles. The molecule has 1 aliphatic carbocycles. The molecular formula is C16H15FN4O. The second-order valence-electron chi connectivity index (χ2n) is 5.34. The van der Waals surface area contributed by atoms with E-state index in [1.165, 1.54) is 12.1 Å². The Balaban J connectivity index is 1.76. The number of benzene rings is 1. The van der Waals surface area contributed by atoms with Gasteiger partial charge in [0.05, 0.1) is 6.10 Å². The molecule has 2 aromatic rings. The molecule has 1 heterocycles. The van der Waals surface area contributed by atoms with E-state index in [2.05, 4.69) is 10.2 Å². The molecule has 3 rings (SSSR count). The first-order valence-electron chi connectivity index (χ1n) is 7.11. The smallest absolute Gasteiger partial charge is 0.163 e. The number of nitriles is 1. The fraction of sp³-hybridized carbons (Fsp3) is 0.312. The standard InChI is InChI=1S/C16H15FN4O/c17-12-3-1-11(2-4-12)15(22)10-21(14-6-7-14)16-8-5-13(9-18)19-20-16/h1-5,8,14-15,22H,6-7,10H2. The number of halogens is 1. The van der Waals surface area contributed by atoms with Crippen molar-refractivity contribution in [2.45, 2.75) is 25.0 Å². The summed E-state index contributed by atoms with van der Waals surface area (Å²) in [6, 6.07) is 11.4. The van der Waals surface area contributed by atoms with E-state index in [4.69, 9.17) is 5.26 Å². The van der Waals surface area contributed by atoms with Crippen LogP contribution in [0.1, 0.15) is 30.2 Å². The van der Waals surface area contributed by atoms with Crippen molar-refractivity contribution in [3.8, 4) is 6.07 Å². The third kappa shape index (κ3) is 3.21. The monoisotopic (exact) mass is 298 g/mol. The third-order valence-electron chi connectivity index (χ3n) is 3.67. The minimum Gasteiger partial charge on any atom is -0.387 e. The Morgan fingerprint density at radius 3 is 2.50 bits per heavy atom. The summed E-state index contributed by atoms with van der Waals surface area (Å²) >= 11 is 0. The maximum absolute atomic E-state index is 13.0. The molecule has 0 saturated heterocycles. The first kappa shape index (κ1) is 14.4. The molecule has 22 heavy (non-hydrogen) atoms. The van der Waals surface area contributed by atoms with Gasteiger partial charge in [-0.3, -0.25) is 0 Å². The number of nitrogens with zero attached hydrogens (tertiary/aromatic N) is 4. The first-order valence-corrected chi connectivity index (χ1v) is 7.11. The molecule has 1 saturated carbocycles. The van der Waals surface area contributed by atoms with Crippen LogP contribution < -0.4 is 4.90 Å². The molecule has 0 radical (unpaired) electrons. The Kier molecular flexibility index (Phi) is 3.98. The molecule has 1 atom stereocenters. The van der Waals surface area contributed by atoms with E-state index in [0.29, 0.717) is 24.0 Å². The summed E-state index contributed by atoms with van der Waals surface area (Å²) in [7, 11) is 0. The van der Waals surface area contributed by atoms with E-state index in [-0.39, 0.29) is 11.5 Å². The van der Waals surface area contributed by atoms with Gasteiger partial charge in [-0.15, -0.1) is 10.2 Å². The van der Waals surface area contributed by atoms with Gasteiger partial charge < -0.3 is 10.0 Å². The third-order valence-corrected chi connectivity index (χ3v) is 3.67. The van der Waals surface area contributed by atoms with Crippen LogP contribution in [0.15, 0.2) is 36.4 Å². The van der Waals surface area contributed by atoms with E-state index < -0.39 is 6.10 Å². The minimum absolute atomic E-state index is 0.263. The molecule has 1 aromatic heterocycles. The van der Waals surface area contributed by atoms with Crippen LogP contribution in [-0.4, -0.2) is 27.9 Å². The molecule has 1 fully saturated rings. The second kappa shape index (κ2) is 6.08. The summed E-state index contributed by atoms with van der Waals surface area (Å²) in [6.07, 6.45) is 1.34. The Morgan fingerprint density at radius 2 is 1.95 bits per heavy atom. The number of aliphatic hydroxyl groups is 1. The van der Waals surface area contributed by atoms with Gasteiger partial charge in [-0.2, -0.15) is 5.26 Å². The van der Waals surface area contributed by atoms with E-state index >= 15 is 0 Å². The lowest BCUT2D eigenvalue weighted by molar-refractivity contribution is 0.182. The van der Waals surface area contributed by atoms with Gasteiger partial charge in [0.25, 0.3) is 0 Å². The quantitative estimate of drug-likeness (QED) is 0.916. The Bertz CT molecular complexity index is 677. The average Bonchev–Trinajstić information content (AvgIpc) is 3.38. The van der Waals surface area contributed by atoms with Crippen molar-refractivity contribution in [3.05, 3.63) is 53.5 Å². The number of aromatic nitrogens is 2. The number of aliphatic hydroxyl groups excluding tert-OH is 1. The maximum atomic E-state index is 13.0. The first-order chi connectivity index (χ1) is 10.7. The molecule has 0 amide bonds. The van der Waals surface area contributed by atoms with Gasteiger partial charge in [-0.1, -0.05) is 12.1 Å². The van der Waals surface area contributed by atoms with Gasteiger partial charge in [0.1, 0.15) is 11.9 Å². The van der Waals surface area contributed by atoms with Crippen molar-refractivity contribution in [2.24, 2.45) is 0 Å². The predicted octanol–water partition coefficient (Wildman–Crippen LogP) is 2.19. The molecule has 6 heteroatoms. The molecule has 1 N–H and O–H groups in total. The highest BCUT2D eigenvalue weighted by molar-refractivity contribution is 5.42. The average molecular weight is 298 g/mol. The minimum atomic E-state index is -0.737. The van der Waals surface area contributed by atoms with Crippen LogP contribution in [-0.2, 0) is 0 Å². The Morgan fingerprint density at radius 1 is 1.23 bits per heavy atom. The summed E-state index contributed by atoms with van der Waals surface area (Å²) in [5.41, 5.74) is 0.923. The topological polar surface area (TPSA) is 73.0 Å². The van der Waals surface area contributed by atoms with Gasteiger partial charge in [-0.05, 0) is 42.7 Å². The number of rotatable bonds is 5. The summed E-state index contributed by atoms with van der Waals surface area (Å²) in [5, 5.41) is 27.0. The molecular weight excluding hydrogens is 283 g/mol. The highest BCUT2D eigenvalue weighted by atomic mass is 19.1. The van der Waals surface area contributed by atoms with Gasteiger partial charge >= 0.3 is 0 Å². The zero-order valence-electron chi connectivity index (χ0n) is 11.9. The summed E-state index contributed by atoms with van der Waals surface area (Å²) in [6.45, 7) is 0.358. The number of hydrogen-bond donors (Lipinski definition) is 1. The van der Waals surface area contributed by atoms with Crippen molar-refractivity contribution in [2.75, 3.05) is 11.4 Å². The highest BCUT2D eigenvalue weighted by Crippen LogP contribution is 2.32. The van der Waals surface area contributed by atoms with Crippen LogP contribution in [0.25, 0.3) is 0 Å². The van der Waals surface area contributed by atoms with Crippen molar-refractivity contribution in [1.29, 1.82) is 5.26 Å². The number of hydrogen-bond acceptors (Lipinski definition) is 5. The fourth-order valence-electron chi connectivity index (χ4n) is 2.33. The van der Waals surface area contributed by atoms with Crippen molar-refractivity contribution in [3.63, 3.8) is 0 Å². The SMILES string of the molecule is N#Cc1ccc(N(CC(O)c2ccc(F)cc2)C2CC2)nn1. The van der Waals surface area contributed by atoms with Gasteiger partial charge in [0, 0.05) is 12.6 Å². The summed E-state index contributed by atoms with van der Waals surface area (Å²) in [5.74, 6) is 0.315. The van der Waals surface area contributed by atoms with Crippen LogP contribution >= 0.6 is 0 Å². The zero-order valence-corrected chi connectivity index (χ0v) is 11.9. The van der Waals surface area contributed by atoms with Crippen LogP contribution in [0.3, 0.4) is 0 Å². The molecule has 0 spiro atoms. The Labute approximate surface area is 127 Å². The molecule has 5 nitrogen and oxygen atoms in total. The van der Waals surface area contributed by atoms with Crippen molar-refractivity contribution >= 4 is 5.82 Å².